The van der Waals surface area contributed by atoms with Crippen molar-refractivity contribution >= 4 is 15.8 Å². The predicted molar refractivity (Wildman–Crippen MR) is 64.7 cm³/mol. The SMILES string of the molecule is CCc1ccc(S(=O)(=O)C(C)(C)C(=O)O)cc1. The molecule has 1 N–H and O–H groups in total. The van der Waals surface area contributed by atoms with E-state index in [1.807, 2.05) is 6.92 Å². The van der Waals surface area contributed by atoms with Crippen LogP contribution in [0.1, 0.15) is 26.3 Å². The first kappa shape index (κ1) is 13.7. The van der Waals surface area contributed by atoms with Crippen LogP contribution in [0.2, 0.25) is 0 Å². The normalized spacial score (nSPS) is 12.4. The molecule has 0 heterocycles. The van der Waals surface area contributed by atoms with Gasteiger partial charge in [0.2, 0.25) is 0 Å². The van der Waals surface area contributed by atoms with Gasteiger partial charge in [-0.2, -0.15) is 0 Å². The third-order valence-corrected chi connectivity index (χ3v) is 5.24. The summed E-state index contributed by atoms with van der Waals surface area (Å²) >= 11 is 0. The summed E-state index contributed by atoms with van der Waals surface area (Å²) in [6, 6.07) is 6.31. The first-order valence-electron chi connectivity index (χ1n) is 5.30. The van der Waals surface area contributed by atoms with Crippen LogP contribution in [0.25, 0.3) is 0 Å². The topological polar surface area (TPSA) is 71.4 Å². The lowest BCUT2D eigenvalue weighted by Gasteiger charge is -2.19. The molecule has 0 aliphatic rings. The highest BCUT2D eigenvalue weighted by molar-refractivity contribution is 7.93. The summed E-state index contributed by atoms with van der Waals surface area (Å²) in [7, 11) is -3.86. The lowest BCUT2D eigenvalue weighted by molar-refractivity contribution is -0.139. The fourth-order valence-electron chi connectivity index (χ4n) is 1.31. The average Bonchev–Trinajstić information content (AvgIpc) is 2.28. The van der Waals surface area contributed by atoms with Crippen LogP contribution in [0.5, 0.6) is 0 Å². The Kier molecular flexibility index (Phi) is 3.62. The standard InChI is InChI=1S/C12H16O4S/c1-4-9-5-7-10(8-6-9)17(15,16)12(2,3)11(13)14/h5-8H,4H2,1-3H3,(H,13,14). The van der Waals surface area contributed by atoms with Crippen LogP contribution in [-0.2, 0) is 21.1 Å². The van der Waals surface area contributed by atoms with Crippen LogP contribution in [0.4, 0.5) is 0 Å². The maximum Gasteiger partial charge on any atom is 0.324 e. The molecule has 0 atom stereocenters. The van der Waals surface area contributed by atoms with Crippen LogP contribution >= 0.6 is 0 Å². The maximum atomic E-state index is 12.1. The molecule has 1 aromatic rings. The predicted octanol–water partition coefficient (Wildman–Crippen LogP) is 1.89. The largest absolute Gasteiger partial charge is 0.480 e. The lowest BCUT2D eigenvalue weighted by atomic mass is 10.2. The van der Waals surface area contributed by atoms with E-state index in [0.29, 0.717) is 0 Å². The van der Waals surface area contributed by atoms with E-state index < -0.39 is 20.6 Å². The number of rotatable bonds is 4. The van der Waals surface area contributed by atoms with E-state index in [4.69, 9.17) is 5.11 Å². The number of aliphatic carboxylic acids is 1. The second kappa shape index (κ2) is 4.49. The number of carboxylic acids is 1. The summed E-state index contributed by atoms with van der Waals surface area (Å²) in [5.41, 5.74) is 1.01. The summed E-state index contributed by atoms with van der Waals surface area (Å²) in [5.74, 6) is -1.35. The van der Waals surface area contributed by atoms with Crippen LogP contribution in [0, 0.1) is 0 Å². The molecule has 4 nitrogen and oxygen atoms in total. The Bertz CT molecular complexity index is 512. The quantitative estimate of drug-likeness (QED) is 0.893. The van der Waals surface area contributed by atoms with E-state index in [1.54, 1.807) is 12.1 Å². The molecule has 1 rings (SSSR count). The van der Waals surface area contributed by atoms with Gasteiger partial charge in [-0.3, -0.25) is 4.79 Å². The number of aryl methyl sites for hydroxylation is 1. The fraction of sp³-hybridized carbons (Fsp3) is 0.417. The minimum atomic E-state index is -3.86. The van der Waals surface area contributed by atoms with Crippen molar-refractivity contribution in [2.75, 3.05) is 0 Å². The van der Waals surface area contributed by atoms with E-state index in [1.165, 1.54) is 26.0 Å². The Morgan fingerprint density at radius 1 is 1.24 bits per heavy atom. The molecular formula is C12H16O4S. The molecule has 0 amide bonds. The molecule has 0 saturated carbocycles. The number of sulfone groups is 1. The van der Waals surface area contributed by atoms with Crippen LogP contribution < -0.4 is 0 Å². The number of carbonyl (C=O) groups is 1. The second-order valence-electron chi connectivity index (χ2n) is 4.32. The van der Waals surface area contributed by atoms with Gasteiger partial charge in [-0.25, -0.2) is 8.42 Å². The second-order valence-corrected chi connectivity index (χ2v) is 6.82. The first-order valence-corrected chi connectivity index (χ1v) is 6.78. The summed E-state index contributed by atoms with van der Waals surface area (Å²) in [6.45, 7) is 4.35. The molecule has 94 valence electrons. The van der Waals surface area contributed by atoms with Crippen molar-refractivity contribution in [3.05, 3.63) is 29.8 Å². The van der Waals surface area contributed by atoms with Gasteiger partial charge in [0.1, 0.15) is 0 Å². The van der Waals surface area contributed by atoms with Gasteiger partial charge in [0.05, 0.1) is 4.90 Å². The van der Waals surface area contributed by atoms with Crippen molar-refractivity contribution in [3.8, 4) is 0 Å². The maximum absolute atomic E-state index is 12.1. The summed E-state index contributed by atoms with van der Waals surface area (Å²) in [6.07, 6.45) is 0.808. The zero-order chi connectivity index (χ0) is 13.3. The van der Waals surface area contributed by atoms with Gasteiger partial charge in [0.25, 0.3) is 0 Å². The molecule has 0 aromatic heterocycles. The minimum Gasteiger partial charge on any atom is -0.480 e. The van der Waals surface area contributed by atoms with Gasteiger partial charge in [-0.15, -0.1) is 0 Å². The summed E-state index contributed by atoms with van der Waals surface area (Å²) in [4.78, 5) is 11.0. The average molecular weight is 256 g/mol. The zero-order valence-electron chi connectivity index (χ0n) is 10.1. The summed E-state index contributed by atoms with van der Waals surface area (Å²) in [5, 5.41) is 8.96. The fourth-order valence-corrected chi connectivity index (χ4v) is 2.63. The summed E-state index contributed by atoms with van der Waals surface area (Å²) < 4.78 is 22.4. The number of benzene rings is 1. The van der Waals surface area contributed by atoms with Gasteiger partial charge in [0, 0.05) is 0 Å². The molecule has 0 fully saturated rings. The van der Waals surface area contributed by atoms with Crippen molar-refractivity contribution in [1.82, 2.24) is 0 Å². The number of hydrogen-bond donors (Lipinski definition) is 1. The molecule has 0 aliphatic heterocycles. The van der Waals surface area contributed by atoms with Gasteiger partial charge in [-0.1, -0.05) is 19.1 Å². The van der Waals surface area contributed by atoms with E-state index in [-0.39, 0.29) is 4.90 Å². The van der Waals surface area contributed by atoms with E-state index in [2.05, 4.69) is 0 Å². The van der Waals surface area contributed by atoms with Crippen molar-refractivity contribution < 1.29 is 18.3 Å². The van der Waals surface area contributed by atoms with E-state index in [0.717, 1.165) is 12.0 Å². The Morgan fingerprint density at radius 3 is 2.06 bits per heavy atom. The minimum absolute atomic E-state index is 0.0436. The Morgan fingerprint density at radius 2 is 1.71 bits per heavy atom. The van der Waals surface area contributed by atoms with Gasteiger partial charge < -0.3 is 5.11 Å². The Balaban J connectivity index is 3.27. The van der Waals surface area contributed by atoms with E-state index >= 15 is 0 Å². The van der Waals surface area contributed by atoms with E-state index in [9.17, 15) is 13.2 Å². The molecule has 1 aromatic carbocycles. The molecule has 0 aliphatic carbocycles. The molecule has 0 saturated heterocycles. The lowest BCUT2D eigenvalue weighted by Crippen LogP contribution is -2.40. The molecule has 17 heavy (non-hydrogen) atoms. The van der Waals surface area contributed by atoms with Crippen LogP contribution in [-0.4, -0.2) is 24.2 Å². The van der Waals surface area contributed by atoms with Crippen molar-refractivity contribution in [3.63, 3.8) is 0 Å². The van der Waals surface area contributed by atoms with Crippen LogP contribution in [0.3, 0.4) is 0 Å². The van der Waals surface area contributed by atoms with Crippen molar-refractivity contribution in [2.24, 2.45) is 0 Å². The first-order chi connectivity index (χ1) is 7.73. The number of hydrogen-bond acceptors (Lipinski definition) is 3. The highest BCUT2D eigenvalue weighted by atomic mass is 32.2. The highest BCUT2D eigenvalue weighted by Gasteiger charge is 2.42. The van der Waals surface area contributed by atoms with Crippen molar-refractivity contribution in [1.29, 1.82) is 0 Å². The Hall–Kier alpha value is -1.36. The number of carboxylic acid groups (broad SMARTS) is 1. The third-order valence-electron chi connectivity index (χ3n) is 2.83. The zero-order valence-corrected chi connectivity index (χ0v) is 10.9. The monoisotopic (exact) mass is 256 g/mol. The van der Waals surface area contributed by atoms with Crippen molar-refractivity contribution in [2.45, 2.75) is 36.8 Å². The molecular weight excluding hydrogens is 240 g/mol. The van der Waals surface area contributed by atoms with Gasteiger partial charge >= 0.3 is 5.97 Å². The molecule has 5 heteroatoms. The van der Waals surface area contributed by atoms with Crippen LogP contribution in [0.15, 0.2) is 29.2 Å². The molecule has 0 bridgehead atoms. The Labute approximate surface area is 101 Å². The third kappa shape index (κ3) is 2.34. The van der Waals surface area contributed by atoms with Gasteiger partial charge in [-0.05, 0) is 38.0 Å². The molecule has 0 spiro atoms. The highest BCUT2D eigenvalue weighted by Crippen LogP contribution is 2.25. The smallest absolute Gasteiger partial charge is 0.324 e. The molecule has 0 radical (unpaired) electrons. The van der Waals surface area contributed by atoms with Gasteiger partial charge in [0.15, 0.2) is 14.6 Å². The molecule has 0 unspecified atom stereocenters.